The Kier molecular flexibility index (Phi) is 7.33. The SMILES string of the molecule is CCOc1cc(C=Nc2ccc(C)c(Cl)c2)cc(I)c1OCc1cccc2ccccc12. The van der Waals surface area contributed by atoms with Crippen molar-refractivity contribution in [3.63, 3.8) is 0 Å². The van der Waals surface area contributed by atoms with Crippen molar-refractivity contribution in [2.24, 2.45) is 4.99 Å². The number of benzene rings is 4. The van der Waals surface area contributed by atoms with Crippen LogP contribution in [0.1, 0.15) is 23.6 Å². The Morgan fingerprint density at radius 2 is 1.78 bits per heavy atom. The molecule has 0 radical (unpaired) electrons. The molecule has 0 saturated carbocycles. The molecule has 0 saturated heterocycles. The van der Waals surface area contributed by atoms with Crippen LogP contribution in [0.25, 0.3) is 10.8 Å². The van der Waals surface area contributed by atoms with Crippen LogP contribution in [0.4, 0.5) is 5.69 Å². The molecular weight excluding hydrogens is 533 g/mol. The van der Waals surface area contributed by atoms with E-state index >= 15 is 0 Å². The lowest BCUT2D eigenvalue weighted by atomic mass is 10.1. The first-order valence-electron chi connectivity index (χ1n) is 10.4. The summed E-state index contributed by atoms with van der Waals surface area (Å²) in [5, 5.41) is 3.11. The zero-order chi connectivity index (χ0) is 22.5. The highest BCUT2D eigenvalue weighted by atomic mass is 127. The predicted molar refractivity (Wildman–Crippen MR) is 142 cm³/mol. The van der Waals surface area contributed by atoms with E-state index in [0.29, 0.717) is 24.0 Å². The third kappa shape index (κ3) is 5.25. The lowest BCUT2D eigenvalue weighted by molar-refractivity contribution is 0.268. The van der Waals surface area contributed by atoms with Crippen molar-refractivity contribution in [1.82, 2.24) is 0 Å². The standard InChI is InChI=1S/C27H23ClINO2/c1-3-31-26-14-19(16-30-22-12-11-18(2)24(28)15-22)13-25(29)27(26)32-17-21-9-6-8-20-7-4-5-10-23(20)21/h4-16H,3,17H2,1-2H3. The maximum absolute atomic E-state index is 6.27. The summed E-state index contributed by atoms with van der Waals surface area (Å²) >= 11 is 8.51. The summed E-state index contributed by atoms with van der Waals surface area (Å²) in [6.07, 6.45) is 1.82. The highest BCUT2D eigenvalue weighted by Gasteiger charge is 2.13. The molecule has 4 aromatic rings. The molecule has 0 aromatic heterocycles. The lowest BCUT2D eigenvalue weighted by Gasteiger charge is -2.15. The summed E-state index contributed by atoms with van der Waals surface area (Å²) in [6.45, 7) is 4.96. The van der Waals surface area contributed by atoms with Crippen molar-refractivity contribution in [3.05, 3.63) is 98.1 Å². The first-order chi connectivity index (χ1) is 15.5. The third-order valence-corrected chi connectivity index (χ3v) is 6.31. The molecule has 162 valence electrons. The second-order valence-electron chi connectivity index (χ2n) is 7.38. The molecule has 0 unspecified atom stereocenters. The topological polar surface area (TPSA) is 30.8 Å². The molecule has 0 aliphatic heterocycles. The first-order valence-corrected chi connectivity index (χ1v) is 11.9. The molecular formula is C27H23ClINO2. The molecule has 5 heteroatoms. The quantitative estimate of drug-likeness (QED) is 0.170. The summed E-state index contributed by atoms with van der Waals surface area (Å²) in [7, 11) is 0. The van der Waals surface area contributed by atoms with Gasteiger partial charge in [0.2, 0.25) is 0 Å². The molecule has 3 nitrogen and oxygen atoms in total. The third-order valence-electron chi connectivity index (χ3n) is 5.10. The fraction of sp³-hybridized carbons (Fsp3) is 0.148. The van der Waals surface area contributed by atoms with Gasteiger partial charge in [0.05, 0.1) is 15.9 Å². The molecule has 4 rings (SSSR count). The number of rotatable bonds is 7. The van der Waals surface area contributed by atoms with Crippen LogP contribution in [-0.2, 0) is 6.61 Å². The minimum absolute atomic E-state index is 0.465. The van der Waals surface area contributed by atoms with Crippen LogP contribution in [0.5, 0.6) is 11.5 Å². The van der Waals surface area contributed by atoms with Gasteiger partial charge in [-0.05, 0) is 88.2 Å². The molecule has 0 heterocycles. The van der Waals surface area contributed by atoms with Crippen LogP contribution in [0.3, 0.4) is 0 Å². The van der Waals surface area contributed by atoms with Gasteiger partial charge < -0.3 is 9.47 Å². The Hall–Kier alpha value is -2.57. The van der Waals surface area contributed by atoms with Crippen molar-refractivity contribution < 1.29 is 9.47 Å². The Morgan fingerprint density at radius 1 is 0.969 bits per heavy atom. The van der Waals surface area contributed by atoms with Crippen molar-refractivity contribution in [3.8, 4) is 11.5 Å². The molecule has 0 aliphatic carbocycles. The Morgan fingerprint density at radius 3 is 2.59 bits per heavy atom. The average molecular weight is 556 g/mol. The summed E-state index contributed by atoms with van der Waals surface area (Å²) in [4.78, 5) is 4.57. The van der Waals surface area contributed by atoms with Gasteiger partial charge in [-0.2, -0.15) is 0 Å². The smallest absolute Gasteiger partial charge is 0.175 e. The summed E-state index contributed by atoms with van der Waals surface area (Å²) in [6, 6.07) is 24.4. The Balaban J connectivity index is 1.59. The van der Waals surface area contributed by atoms with E-state index in [-0.39, 0.29) is 0 Å². The van der Waals surface area contributed by atoms with Crippen molar-refractivity contribution >= 4 is 56.9 Å². The molecule has 0 amide bonds. The van der Waals surface area contributed by atoms with Crippen LogP contribution < -0.4 is 9.47 Å². The zero-order valence-electron chi connectivity index (χ0n) is 17.9. The number of aryl methyl sites for hydroxylation is 1. The maximum Gasteiger partial charge on any atom is 0.175 e. The van der Waals surface area contributed by atoms with Gasteiger partial charge in [-0.3, -0.25) is 4.99 Å². The van der Waals surface area contributed by atoms with Gasteiger partial charge >= 0.3 is 0 Å². The van der Waals surface area contributed by atoms with Gasteiger partial charge in [0, 0.05) is 11.2 Å². The van der Waals surface area contributed by atoms with E-state index in [1.165, 1.54) is 10.8 Å². The van der Waals surface area contributed by atoms with E-state index in [4.69, 9.17) is 21.1 Å². The first kappa shape index (κ1) is 22.6. The second-order valence-corrected chi connectivity index (χ2v) is 8.95. The maximum atomic E-state index is 6.27. The van der Waals surface area contributed by atoms with Gasteiger partial charge in [-0.25, -0.2) is 0 Å². The number of hydrogen-bond donors (Lipinski definition) is 0. The van der Waals surface area contributed by atoms with Gasteiger partial charge in [-0.1, -0.05) is 60.1 Å². The van der Waals surface area contributed by atoms with Crippen LogP contribution in [0.2, 0.25) is 5.02 Å². The number of hydrogen-bond acceptors (Lipinski definition) is 3. The number of halogens is 2. The van der Waals surface area contributed by atoms with Crippen molar-refractivity contribution in [1.29, 1.82) is 0 Å². The lowest BCUT2D eigenvalue weighted by Crippen LogP contribution is -2.03. The van der Waals surface area contributed by atoms with Gasteiger partial charge in [-0.15, -0.1) is 0 Å². The highest BCUT2D eigenvalue weighted by Crippen LogP contribution is 2.35. The molecule has 0 fully saturated rings. The van der Waals surface area contributed by atoms with Gasteiger partial charge in [0.15, 0.2) is 11.5 Å². The van der Waals surface area contributed by atoms with Crippen molar-refractivity contribution in [2.45, 2.75) is 20.5 Å². The minimum atomic E-state index is 0.465. The second kappa shape index (κ2) is 10.4. The number of nitrogens with zero attached hydrogens (tertiary/aromatic N) is 1. The summed E-state index contributed by atoms with van der Waals surface area (Å²) in [5.74, 6) is 1.46. The van der Waals surface area contributed by atoms with E-state index < -0.39 is 0 Å². The van der Waals surface area contributed by atoms with Gasteiger partial charge in [0.25, 0.3) is 0 Å². The van der Waals surface area contributed by atoms with Crippen molar-refractivity contribution in [2.75, 3.05) is 6.61 Å². The molecule has 4 aromatic carbocycles. The minimum Gasteiger partial charge on any atom is -0.490 e. The summed E-state index contributed by atoms with van der Waals surface area (Å²) < 4.78 is 13.1. The zero-order valence-corrected chi connectivity index (χ0v) is 20.9. The van der Waals surface area contributed by atoms with E-state index in [0.717, 1.165) is 31.7 Å². The average Bonchev–Trinajstić information content (AvgIpc) is 2.79. The highest BCUT2D eigenvalue weighted by molar-refractivity contribution is 14.1. The molecule has 0 spiro atoms. The Labute approximate surface area is 207 Å². The van der Waals surface area contributed by atoms with E-state index in [9.17, 15) is 0 Å². The molecule has 0 N–H and O–H groups in total. The number of aliphatic imine (C=N–C) groups is 1. The largest absolute Gasteiger partial charge is 0.490 e. The molecule has 32 heavy (non-hydrogen) atoms. The van der Waals surface area contributed by atoms with Crippen LogP contribution >= 0.6 is 34.2 Å². The number of fused-ring (bicyclic) bond motifs is 1. The van der Waals surface area contributed by atoms with E-state index in [1.807, 2.05) is 56.5 Å². The normalized spacial score (nSPS) is 11.2. The predicted octanol–water partition coefficient (Wildman–Crippen LogP) is 8.13. The fourth-order valence-electron chi connectivity index (χ4n) is 3.44. The number of ether oxygens (including phenoxy) is 2. The van der Waals surface area contributed by atoms with Crippen LogP contribution in [0.15, 0.2) is 77.8 Å². The van der Waals surface area contributed by atoms with Gasteiger partial charge in [0.1, 0.15) is 6.61 Å². The molecule has 0 aliphatic rings. The monoisotopic (exact) mass is 555 g/mol. The van der Waals surface area contributed by atoms with Crippen LogP contribution in [0, 0.1) is 10.5 Å². The van der Waals surface area contributed by atoms with E-state index in [2.05, 4.69) is 64.0 Å². The van der Waals surface area contributed by atoms with Crippen LogP contribution in [-0.4, -0.2) is 12.8 Å². The fourth-order valence-corrected chi connectivity index (χ4v) is 4.40. The van der Waals surface area contributed by atoms with E-state index in [1.54, 1.807) is 0 Å². The molecule has 0 bridgehead atoms. The Bertz CT molecular complexity index is 1280. The summed E-state index contributed by atoms with van der Waals surface area (Å²) in [5.41, 5.74) is 3.92. The molecule has 0 atom stereocenters.